The van der Waals surface area contributed by atoms with Crippen LogP contribution in [-0.2, 0) is 0 Å². The minimum Gasteiger partial charge on any atom is -0.307 e. The molecule has 0 aliphatic heterocycles. The Labute approximate surface area is 123 Å². The van der Waals surface area contributed by atoms with Crippen LogP contribution in [0.15, 0.2) is 24.3 Å². The van der Waals surface area contributed by atoms with Crippen molar-refractivity contribution in [2.45, 2.75) is 50.9 Å². The minimum atomic E-state index is -4.09. The number of halogens is 3. The quantitative estimate of drug-likeness (QED) is 0.901. The van der Waals surface area contributed by atoms with Crippen LogP contribution >= 0.6 is 0 Å². The van der Waals surface area contributed by atoms with Gasteiger partial charge >= 0.3 is 6.18 Å². The number of rotatable bonds is 3. The average molecular weight is 296 g/mol. The predicted molar refractivity (Wildman–Crippen MR) is 74.5 cm³/mol. The molecule has 114 valence electrons. The smallest absolute Gasteiger partial charge is 0.307 e. The lowest BCUT2D eigenvalue weighted by Crippen LogP contribution is -2.39. The molecule has 1 aromatic carbocycles. The van der Waals surface area contributed by atoms with E-state index >= 15 is 0 Å². The molecule has 0 amide bonds. The molecular formula is C16H19F3N2. The van der Waals surface area contributed by atoms with Crippen molar-refractivity contribution >= 4 is 0 Å². The molecule has 0 saturated heterocycles. The van der Waals surface area contributed by atoms with Crippen molar-refractivity contribution in [1.29, 1.82) is 5.26 Å². The van der Waals surface area contributed by atoms with Crippen LogP contribution in [0.3, 0.4) is 0 Å². The average Bonchev–Trinajstić information content (AvgIpc) is 2.46. The molecular weight excluding hydrogens is 277 g/mol. The van der Waals surface area contributed by atoms with Crippen LogP contribution in [0, 0.1) is 17.2 Å². The van der Waals surface area contributed by atoms with Crippen molar-refractivity contribution in [3.63, 3.8) is 0 Å². The van der Waals surface area contributed by atoms with Crippen LogP contribution in [0.4, 0.5) is 13.2 Å². The number of nitrogens with zero attached hydrogens (tertiary/aromatic N) is 1. The summed E-state index contributed by atoms with van der Waals surface area (Å²) < 4.78 is 38.4. The first kappa shape index (κ1) is 15.8. The molecule has 21 heavy (non-hydrogen) atoms. The largest absolute Gasteiger partial charge is 0.391 e. The lowest BCUT2D eigenvalue weighted by atomic mass is 9.84. The lowest BCUT2D eigenvalue weighted by Gasteiger charge is -2.33. The molecule has 0 radical (unpaired) electrons. The van der Waals surface area contributed by atoms with Gasteiger partial charge in [0.25, 0.3) is 0 Å². The minimum absolute atomic E-state index is 0.0599. The van der Waals surface area contributed by atoms with E-state index in [-0.39, 0.29) is 24.9 Å². The van der Waals surface area contributed by atoms with Crippen LogP contribution in [0.1, 0.15) is 49.8 Å². The van der Waals surface area contributed by atoms with Crippen LogP contribution in [0.5, 0.6) is 0 Å². The molecule has 3 atom stereocenters. The predicted octanol–water partition coefficient (Wildman–Crippen LogP) is 4.33. The summed E-state index contributed by atoms with van der Waals surface area (Å²) in [5, 5.41) is 12.2. The van der Waals surface area contributed by atoms with Crippen molar-refractivity contribution in [2.24, 2.45) is 5.92 Å². The molecule has 0 aromatic heterocycles. The van der Waals surface area contributed by atoms with Gasteiger partial charge in [0.1, 0.15) is 0 Å². The molecule has 1 aliphatic rings. The Balaban J connectivity index is 1.99. The molecule has 1 fully saturated rings. The summed E-state index contributed by atoms with van der Waals surface area (Å²) in [4.78, 5) is 0. The monoisotopic (exact) mass is 296 g/mol. The highest BCUT2D eigenvalue weighted by Crippen LogP contribution is 2.38. The zero-order valence-corrected chi connectivity index (χ0v) is 12.0. The maximum absolute atomic E-state index is 12.8. The second-order valence-electron chi connectivity index (χ2n) is 5.73. The third-order valence-electron chi connectivity index (χ3n) is 4.14. The number of hydrogen-bond donors (Lipinski definition) is 1. The zero-order valence-electron chi connectivity index (χ0n) is 12.0. The van der Waals surface area contributed by atoms with E-state index in [1.807, 2.05) is 13.0 Å². The van der Waals surface area contributed by atoms with E-state index in [1.165, 1.54) is 0 Å². The van der Waals surface area contributed by atoms with Crippen LogP contribution in [-0.4, -0.2) is 12.2 Å². The van der Waals surface area contributed by atoms with Crippen molar-refractivity contribution in [2.75, 3.05) is 0 Å². The molecule has 2 rings (SSSR count). The van der Waals surface area contributed by atoms with Crippen LogP contribution < -0.4 is 5.32 Å². The molecule has 1 aliphatic carbocycles. The molecule has 0 spiro atoms. The van der Waals surface area contributed by atoms with Crippen molar-refractivity contribution < 1.29 is 13.2 Å². The van der Waals surface area contributed by atoms with E-state index in [1.54, 1.807) is 18.2 Å². The van der Waals surface area contributed by atoms with E-state index in [2.05, 4.69) is 11.4 Å². The Morgan fingerprint density at radius 3 is 2.76 bits per heavy atom. The fourth-order valence-electron chi connectivity index (χ4n) is 2.97. The molecule has 1 saturated carbocycles. The van der Waals surface area contributed by atoms with Gasteiger partial charge in [-0.05, 0) is 43.9 Å². The molecule has 1 N–H and O–H groups in total. The standard InChI is InChI=1S/C16H19F3N2/c1-11(13-5-2-4-12(8-13)10-20)21-15-7-3-6-14(9-15)16(17,18)19/h2,4-5,8,11,14-15,21H,3,6-7,9H2,1H3. The molecule has 0 bridgehead atoms. The first-order valence-electron chi connectivity index (χ1n) is 7.23. The van der Waals surface area contributed by atoms with Gasteiger partial charge < -0.3 is 5.32 Å². The van der Waals surface area contributed by atoms with Gasteiger partial charge in [-0.1, -0.05) is 18.6 Å². The maximum atomic E-state index is 12.8. The summed E-state index contributed by atoms with van der Waals surface area (Å²) in [5.74, 6) is -1.19. The Morgan fingerprint density at radius 1 is 1.33 bits per heavy atom. The number of hydrogen-bond acceptors (Lipinski definition) is 2. The summed E-state index contributed by atoms with van der Waals surface area (Å²) >= 11 is 0. The van der Waals surface area contributed by atoms with E-state index in [0.717, 1.165) is 12.0 Å². The van der Waals surface area contributed by atoms with Gasteiger partial charge in [-0.3, -0.25) is 0 Å². The molecule has 2 nitrogen and oxygen atoms in total. The van der Waals surface area contributed by atoms with Gasteiger partial charge in [0.15, 0.2) is 0 Å². The first-order chi connectivity index (χ1) is 9.90. The Kier molecular flexibility index (Phi) is 4.89. The first-order valence-corrected chi connectivity index (χ1v) is 7.23. The number of alkyl halides is 3. The summed E-state index contributed by atoms with van der Waals surface area (Å²) in [7, 11) is 0. The van der Waals surface area contributed by atoms with Gasteiger partial charge in [0.2, 0.25) is 0 Å². The number of nitrogens with one attached hydrogen (secondary N) is 1. The second-order valence-corrected chi connectivity index (χ2v) is 5.73. The fraction of sp³-hybridized carbons (Fsp3) is 0.562. The van der Waals surface area contributed by atoms with Gasteiger partial charge in [-0.15, -0.1) is 0 Å². The van der Waals surface area contributed by atoms with Gasteiger partial charge in [0.05, 0.1) is 17.6 Å². The van der Waals surface area contributed by atoms with E-state index in [4.69, 9.17) is 5.26 Å². The summed E-state index contributed by atoms with van der Waals surface area (Å²) in [6.07, 6.45) is -2.34. The Morgan fingerprint density at radius 2 is 2.10 bits per heavy atom. The van der Waals surface area contributed by atoms with Crippen molar-refractivity contribution in [3.8, 4) is 6.07 Å². The van der Waals surface area contributed by atoms with E-state index < -0.39 is 12.1 Å². The third kappa shape index (κ3) is 4.21. The fourth-order valence-corrected chi connectivity index (χ4v) is 2.97. The van der Waals surface area contributed by atoms with Crippen LogP contribution in [0.25, 0.3) is 0 Å². The zero-order chi connectivity index (χ0) is 15.5. The number of benzene rings is 1. The molecule has 1 aromatic rings. The topological polar surface area (TPSA) is 35.8 Å². The third-order valence-corrected chi connectivity index (χ3v) is 4.14. The summed E-state index contributed by atoms with van der Waals surface area (Å²) in [6.45, 7) is 1.92. The van der Waals surface area contributed by atoms with Crippen molar-refractivity contribution in [1.82, 2.24) is 5.32 Å². The van der Waals surface area contributed by atoms with E-state index in [0.29, 0.717) is 12.0 Å². The number of nitriles is 1. The highest BCUT2D eigenvalue weighted by atomic mass is 19.4. The van der Waals surface area contributed by atoms with Gasteiger partial charge in [0, 0.05) is 12.1 Å². The van der Waals surface area contributed by atoms with Gasteiger partial charge in [-0.2, -0.15) is 18.4 Å². The second kappa shape index (κ2) is 6.48. The lowest BCUT2D eigenvalue weighted by molar-refractivity contribution is -0.183. The highest BCUT2D eigenvalue weighted by molar-refractivity contribution is 5.34. The normalized spacial score (nSPS) is 24.3. The highest BCUT2D eigenvalue weighted by Gasteiger charge is 2.42. The molecule has 5 heteroatoms. The maximum Gasteiger partial charge on any atom is 0.391 e. The van der Waals surface area contributed by atoms with Gasteiger partial charge in [-0.25, -0.2) is 0 Å². The Hall–Kier alpha value is -1.54. The molecule has 0 heterocycles. The van der Waals surface area contributed by atoms with E-state index in [9.17, 15) is 13.2 Å². The SMILES string of the molecule is CC(NC1CCCC(C(F)(F)F)C1)c1cccc(C#N)c1. The van der Waals surface area contributed by atoms with Crippen LogP contribution in [0.2, 0.25) is 0 Å². The molecule has 3 unspecified atom stereocenters. The summed E-state index contributed by atoms with van der Waals surface area (Å²) in [6, 6.07) is 9.08. The van der Waals surface area contributed by atoms with Crippen molar-refractivity contribution in [3.05, 3.63) is 35.4 Å². The Bertz CT molecular complexity index is 519. The summed E-state index contributed by atoms with van der Waals surface area (Å²) in [5.41, 5.74) is 1.50.